The van der Waals surface area contributed by atoms with E-state index in [1.165, 1.54) is 12.2 Å². The van der Waals surface area contributed by atoms with Crippen molar-refractivity contribution in [2.24, 2.45) is 0 Å². The summed E-state index contributed by atoms with van der Waals surface area (Å²) in [5.74, 6) is 0. The number of nitrogens with zero attached hydrogens (tertiary/aromatic N) is 5. The first kappa shape index (κ1) is 19.6. The summed E-state index contributed by atoms with van der Waals surface area (Å²) in [7, 11) is 0. The summed E-state index contributed by atoms with van der Waals surface area (Å²) in [4.78, 5) is 59.3. The van der Waals surface area contributed by atoms with E-state index in [1.54, 1.807) is 0 Å². The van der Waals surface area contributed by atoms with Crippen molar-refractivity contribution in [3.63, 3.8) is 0 Å². The van der Waals surface area contributed by atoms with Gasteiger partial charge < -0.3 is 4.57 Å². The second-order valence-electron chi connectivity index (χ2n) is 5.47. The molecule has 27 heavy (non-hydrogen) atoms. The van der Waals surface area contributed by atoms with Crippen LogP contribution in [0.3, 0.4) is 0 Å². The summed E-state index contributed by atoms with van der Waals surface area (Å²) < 4.78 is 3.46. The molecule has 0 N–H and O–H groups in total. The standard InChI is InChI=1S/C16H17N5O6/c1-3-7-18-14(23)19(8-4-2)16(25)20(15(18)24)10-9-17-11-12(21(26)27)5-6-13(17)22/h3-6,11H,1-2,7-10H2. The third-order valence-corrected chi connectivity index (χ3v) is 3.75. The molecule has 0 aliphatic heterocycles. The number of hydrogen-bond acceptors (Lipinski definition) is 6. The summed E-state index contributed by atoms with van der Waals surface area (Å²) in [5.41, 5.74) is -3.34. The van der Waals surface area contributed by atoms with Gasteiger partial charge in [0.1, 0.15) is 0 Å². The third-order valence-electron chi connectivity index (χ3n) is 3.75. The Balaban J connectivity index is 2.54. The minimum atomic E-state index is -0.858. The lowest BCUT2D eigenvalue weighted by Gasteiger charge is -2.12. The zero-order valence-electron chi connectivity index (χ0n) is 14.3. The van der Waals surface area contributed by atoms with E-state index in [9.17, 15) is 29.3 Å². The second-order valence-corrected chi connectivity index (χ2v) is 5.47. The second kappa shape index (κ2) is 8.08. The first-order valence-corrected chi connectivity index (χ1v) is 7.83. The van der Waals surface area contributed by atoms with E-state index in [1.807, 2.05) is 0 Å². The number of pyridine rings is 1. The molecule has 2 aromatic rings. The average molecular weight is 375 g/mol. The molecule has 0 radical (unpaired) electrons. The predicted octanol–water partition coefficient (Wildman–Crippen LogP) is -0.686. The normalized spacial score (nSPS) is 10.5. The molecular weight excluding hydrogens is 358 g/mol. The highest BCUT2D eigenvalue weighted by molar-refractivity contribution is 5.24. The Morgan fingerprint density at radius 2 is 1.41 bits per heavy atom. The Morgan fingerprint density at radius 1 is 0.889 bits per heavy atom. The molecule has 0 spiro atoms. The minimum Gasteiger partial charge on any atom is -0.307 e. The van der Waals surface area contributed by atoms with Crippen LogP contribution < -0.4 is 22.6 Å². The molecule has 0 saturated heterocycles. The largest absolute Gasteiger partial charge is 0.336 e. The molecule has 0 aliphatic rings. The minimum absolute atomic E-state index is 0.105. The fraction of sp³-hybridized carbons (Fsp3) is 0.250. The van der Waals surface area contributed by atoms with Gasteiger partial charge in [-0.3, -0.25) is 14.9 Å². The van der Waals surface area contributed by atoms with E-state index < -0.39 is 27.6 Å². The van der Waals surface area contributed by atoms with Crippen molar-refractivity contribution in [3.8, 4) is 0 Å². The van der Waals surface area contributed by atoms with E-state index in [2.05, 4.69) is 13.2 Å². The van der Waals surface area contributed by atoms with E-state index in [4.69, 9.17) is 0 Å². The Kier molecular flexibility index (Phi) is 5.85. The van der Waals surface area contributed by atoms with Crippen LogP contribution in [-0.4, -0.2) is 23.2 Å². The van der Waals surface area contributed by atoms with Crippen molar-refractivity contribution in [1.82, 2.24) is 18.3 Å². The van der Waals surface area contributed by atoms with Crippen LogP contribution in [0.4, 0.5) is 5.69 Å². The molecule has 11 heteroatoms. The maximum Gasteiger partial charge on any atom is 0.336 e. The molecule has 142 valence electrons. The van der Waals surface area contributed by atoms with E-state index in [0.717, 1.165) is 36.6 Å². The summed E-state index contributed by atoms with van der Waals surface area (Å²) in [6, 6.07) is 2.09. The van der Waals surface area contributed by atoms with Crippen LogP contribution in [0.2, 0.25) is 0 Å². The molecule has 11 nitrogen and oxygen atoms in total. The van der Waals surface area contributed by atoms with Crippen molar-refractivity contribution in [2.75, 3.05) is 0 Å². The van der Waals surface area contributed by atoms with Crippen LogP contribution in [0.15, 0.2) is 62.8 Å². The molecule has 2 heterocycles. The number of aryl methyl sites for hydroxylation is 1. The lowest BCUT2D eigenvalue weighted by Crippen LogP contribution is -2.54. The number of nitro groups is 1. The summed E-state index contributed by atoms with van der Waals surface area (Å²) in [5, 5.41) is 10.8. The molecule has 0 aliphatic carbocycles. The van der Waals surface area contributed by atoms with Crippen molar-refractivity contribution in [1.29, 1.82) is 0 Å². The molecule has 0 unspecified atom stereocenters. The Hall–Kier alpha value is -3.76. The lowest BCUT2D eigenvalue weighted by atomic mass is 10.4. The van der Waals surface area contributed by atoms with Gasteiger partial charge >= 0.3 is 17.1 Å². The molecule has 0 saturated carbocycles. The summed E-state index contributed by atoms with van der Waals surface area (Å²) >= 11 is 0. The van der Waals surface area contributed by atoms with Crippen LogP contribution in [0.5, 0.6) is 0 Å². The Labute approximate surface area is 151 Å². The molecule has 0 bridgehead atoms. The van der Waals surface area contributed by atoms with Crippen LogP contribution in [0.1, 0.15) is 0 Å². The quantitative estimate of drug-likeness (QED) is 0.341. The number of rotatable bonds is 8. The predicted molar refractivity (Wildman–Crippen MR) is 97.0 cm³/mol. The Bertz CT molecular complexity index is 1090. The molecule has 0 aromatic carbocycles. The lowest BCUT2D eigenvalue weighted by molar-refractivity contribution is -0.385. The van der Waals surface area contributed by atoms with Gasteiger partial charge in [0.15, 0.2) is 0 Å². The van der Waals surface area contributed by atoms with Crippen LogP contribution >= 0.6 is 0 Å². The van der Waals surface area contributed by atoms with Crippen LogP contribution in [0, 0.1) is 10.1 Å². The van der Waals surface area contributed by atoms with Gasteiger partial charge in [-0.25, -0.2) is 28.1 Å². The van der Waals surface area contributed by atoms with Gasteiger partial charge in [0.2, 0.25) is 0 Å². The fourth-order valence-corrected chi connectivity index (χ4v) is 2.45. The van der Waals surface area contributed by atoms with Crippen LogP contribution in [0.25, 0.3) is 0 Å². The number of aromatic nitrogens is 4. The average Bonchev–Trinajstić information content (AvgIpc) is 2.63. The zero-order valence-corrected chi connectivity index (χ0v) is 14.3. The molecule has 2 aromatic heterocycles. The molecule has 0 fully saturated rings. The van der Waals surface area contributed by atoms with Crippen molar-refractivity contribution >= 4 is 5.69 Å². The molecule has 0 atom stereocenters. The third kappa shape index (κ3) is 3.92. The van der Waals surface area contributed by atoms with Crippen molar-refractivity contribution in [2.45, 2.75) is 26.2 Å². The molecule has 0 amide bonds. The maximum absolute atomic E-state index is 12.5. The summed E-state index contributed by atoms with van der Waals surface area (Å²) in [6.45, 7) is 6.31. The van der Waals surface area contributed by atoms with Gasteiger partial charge in [-0.15, -0.1) is 13.2 Å². The van der Waals surface area contributed by atoms with Gasteiger partial charge in [0.25, 0.3) is 11.2 Å². The highest BCUT2D eigenvalue weighted by Crippen LogP contribution is 2.06. The van der Waals surface area contributed by atoms with Crippen molar-refractivity contribution in [3.05, 3.63) is 95.6 Å². The van der Waals surface area contributed by atoms with E-state index in [0.29, 0.717) is 0 Å². The van der Waals surface area contributed by atoms with Gasteiger partial charge in [-0.2, -0.15) is 0 Å². The zero-order chi connectivity index (χ0) is 20.1. The van der Waals surface area contributed by atoms with Crippen LogP contribution in [-0.2, 0) is 26.2 Å². The Morgan fingerprint density at radius 3 is 1.89 bits per heavy atom. The van der Waals surface area contributed by atoms with Gasteiger partial charge in [0, 0.05) is 18.7 Å². The SMILES string of the molecule is C=CCn1c(=O)n(CC=C)c(=O)n(CCn2cc([N+](=O)[O-])ccc2=O)c1=O. The van der Waals surface area contributed by atoms with E-state index >= 15 is 0 Å². The first-order chi connectivity index (χ1) is 12.8. The van der Waals surface area contributed by atoms with Gasteiger partial charge in [-0.05, 0) is 0 Å². The van der Waals surface area contributed by atoms with E-state index in [-0.39, 0.29) is 31.9 Å². The topological polar surface area (TPSA) is 131 Å². The van der Waals surface area contributed by atoms with Gasteiger partial charge in [-0.1, -0.05) is 12.2 Å². The summed E-state index contributed by atoms with van der Waals surface area (Å²) in [6.07, 6.45) is 3.69. The fourth-order valence-electron chi connectivity index (χ4n) is 2.45. The first-order valence-electron chi connectivity index (χ1n) is 7.83. The van der Waals surface area contributed by atoms with Crippen molar-refractivity contribution < 1.29 is 4.92 Å². The molecular formula is C16H17N5O6. The monoisotopic (exact) mass is 375 g/mol. The highest BCUT2D eigenvalue weighted by Gasteiger charge is 2.15. The number of allylic oxidation sites excluding steroid dienone is 2. The maximum atomic E-state index is 12.5. The number of hydrogen-bond donors (Lipinski definition) is 0. The molecule has 2 rings (SSSR count). The smallest absolute Gasteiger partial charge is 0.307 e. The highest BCUT2D eigenvalue weighted by atomic mass is 16.6. The van der Waals surface area contributed by atoms with Gasteiger partial charge in [0.05, 0.1) is 30.8 Å².